The first kappa shape index (κ1) is 21.8. The average Bonchev–Trinajstić information content (AvgIpc) is 2.76. The minimum atomic E-state index is -4.02. The lowest BCUT2D eigenvalue weighted by molar-refractivity contribution is 0.0955. The van der Waals surface area contributed by atoms with E-state index in [-0.39, 0.29) is 22.1 Å². The zero-order valence-corrected chi connectivity index (χ0v) is 17.4. The number of phenols is 1. The van der Waals surface area contributed by atoms with Crippen molar-refractivity contribution in [3.8, 4) is 17.2 Å². The smallest absolute Gasteiger partial charge is 0.339 e. The molecule has 160 valence electrons. The molecule has 0 aliphatic carbocycles. The van der Waals surface area contributed by atoms with Crippen molar-refractivity contribution in [2.45, 2.75) is 11.8 Å². The predicted molar refractivity (Wildman–Crippen MR) is 115 cm³/mol. The zero-order chi connectivity index (χ0) is 22.3. The Morgan fingerprint density at radius 2 is 1.74 bits per heavy atom. The summed E-state index contributed by atoms with van der Waals surface area (Å²) >= 11 is 0. The molecule has 0 atom stereocenters. The van der Waals surface area contributed by atoms with E-state index in [1.54, 1.807) is 37.3 Å². The highest BCUT2D eigenvalue weighted by Gasteiger charge is 2.19. The van der Waals surface area contributed by atoms with Crippen LogP contribution >= 0.6 is 0 Å². The summed E-state index contributed by atoms with van der Waals surface area (Å²) < 4.78 is 35.7. The van der Waals surface area contributed by atoms with E-state index in [1.807, 2.05) is 0 Å². The second kappa shape index (κ2) is 9.77. The molecule has 3 aromatic rings. The second-order valence-electron chi connectivity index (χ2n) is 6.24. The Balaban J connectivity index is 1.74. The summed E-state index contributed by atoms with van der Waals surface area (Å²) in [5.41, 5.74) is 3.26. The number of carbonyl (C=O) groups is 1. The molecule has 31 heavy (non-hydrogen) atoms. The van der Waals surface area contributed by atoms with Crippen molar-refractivity contribution in [2.24, 2.45) is 5.10 Å². The largest absolute Gasteiger partial charge is 0.508 e. The van der Waals surface area contributed by atoms with Crippen LogP contribution in [0.4, 0.5) is 0 Å². The van der Waals surface area contributed by atoms with E-state index in [0.717, 1.165) is 0 Å². The Hall–Kier alpha value is -3.85. The zero-order valence-electron chi connectivity index (χ0n) is 16.6. The van der Waals surface area contributed by atoms with Gasteiger partial charge in [-0.3, -0.25) is 4.79 Å². The number of benzene rings is 3. The third-order valence-corrected chi connectivity index (χ3v) is 5.26. The summed E-state index contributed by atoms with van der Waals surface area (Å²) in [6.07, 6.45) is 1.39. The Bertz CT molecular complexity index is 1180. The summed E-state index contributed by atoms with van der Waals surface area (Å²) in [5, 5.41) is 13.2. The quantitative estimate of drug-likeness (QED) is 0.316. The third kappa shape index (κ3) is 5.83. The molecule has 0 spiro atoms. The first-order chi connectivity index (χ1) is 14.9. The number of amides is 1. The molecule has 0 fully saturated rings. The number of rotatable bonds is 8. The van der Waals surface area contributed by atoms with E-state index in [4.69, 9.17) is 8.92 Å². The van der Waals surface area contributed by atoms with Gasteiger partial charge in [-0.2, -0.15) is 13.5 Å². The van der Waals surface area contributed by atoms with Crippen molar-refractivity contribution in [3.63, 3.8) is 0 Å². The first-order valence-corrected chi connectivity index (χ1v) is 10.7. The molecule has 3 aromatic carbocycles. The maximum Gasteiger partial charge on any atom is 0.339 e. The number of aromatic hydroxyl groups is 1. The van der Waals surface area contributed by atoms with Crippen molar-refractivity contribution >= 4 is 22.2 Å². The molecule has 0 radical (unpaired) electrons. The van der Waals surface area contributed by atoms with Gasteiger partial charge in [0.15, 0.2) is 11.5 Å². The number of ether oxygens (including phenoxy) is 1. The lowest BCUT2D eigenvalue weighted by Crippen LogP contribution is -2.17. The van der Waals surface area contributed by atoms with Gasteiger partial charge in [0.2, 0.25) is 0 Å². The maximum atomic E-state index is 12.5. The minimum absolute atomic E-state index is 0.0278. The number of nitrogens with one attached hydrogen (secondary N) is 1. The van der Waals surface area contributed by atoms with E-state index in [0.29, 0.717) is 17.7 Å². The standard InChI is InChI=1S/C22H20N2O6S/c1-2-29-21-14-16(15-23-24-22(26)17-9-11-18(25)12-10-17)8-13-20(21)30-31(27,28)19-6-4-3-5-7-19/h3-15,25H,2H2,1H3,(H,24,26). The average molecular weight is 440 g/mol. The molecule has 8 nitrogen and oxygen atoms in total. The summed E-state index contributed by atoms with van der Waals surface area (Å²) in [6.45, 7) is 2.05. The minimum Gasteiger partial charge on any atom is -0.508 e. The number of carbonyl (C=O) groups excluding carboxylic acids is 1. The molecule has 0 aliphatic heterocycles. The molecule has 0 unspecified atom stereocenters. The van der Waals surface area contributed by atoms with Crippen molar-refractivity contribution in [1.82, 2.24) is 5.43 Å². The van der Waals surface area contributed by atoms with Crippen LogP contribution in [-0.2, 0) is 10.1 Å². The van der Waals surface area contributed by atoms with Crippen LogP contribution in [0.1, 0.15) is 22.8 Å². The van der Waals surface area contributed by atoms with Gasteiger partial charge in [0, 0.05) is 5.56 Å². The monoisotopic (exact) mass is 440 g/mol. The van der Waals surface area contributed by atoms with Gasteiger partial charge in [-0.1, -0.05) is 18.2 Å². The molecule has 0 aliphatic rings. The maximum absolute atomic E-state index is 12.5. The Labute approximate surface area is 179 Å². The number of nitrogens with zero attached hydrogens (tertiary/aromatic N) is 1. The van der Waals surface area contributed by atoms with Crippen LogP contribution in [0.3, 0.4) is 0 Å². The molecule has 0 bridgehead atoms. The number of hydrogen-bond donors (Lipinski definition) is 2. The van der Waals surface area contributed by atoms with Crippen molar-refractivity contribution in [1.29, 1.82) is 0 Å². The number of phenolic OH excluding ortho intramolecular Hbond substituents is 1. The van der Waals surface area contributed by atoms with Crippen molar-refractivity contribution in [3.05, 3.63) is 83.9 Å². The molecule has 0 aromatic heterocycles. The van der Waals surface area contributed by atoms with Crippen molar-refractivity contribution < 1.29 is 27.2 Å². The van der Waals surface area contributed by atoms with E-state index in [2.05, 4.69) is 10.5 Å². The van der Waals surface area contributed by atoms with E-state index < -0.39 is 16.0 Å². The van der Waals surface area contributed by atoms with Gasteiger partial charge >= 0.3 is 10.1 Å². The molecule has 0 saturated carbocycles. The van der Waals surface area contributed by atoms with E-state index in [1.165, 1.54) is 48.7 Å². The van der Waals surface area contributed by atoms with E-state index in [9.17, 15) is 18.3 Å². The van der Waals surface area contributed by atoms with Gasteiger partial charge in [0.25, 0.3) is 5.91 Å². The molecule has 0 heterocycles. The lowest BCUT2D eigenvalue weighted by Gasteiger charge is -2.12. The fraction of sp³-hybridized carbons (Fsp3) is 0.0909. The molecular formula is C22H20N2O6S. The van der Waals surface area contributed by atoms with Crippen LogP contribution < -0.4 is 14.3 Å². The lowest BCUT2D eigenvalue weighted by atomic mass is 10.2. The topological polar surface area (TPSA) is 114 Å². The van der Waals surface area contributed by atoms with E-state index >= 15 is 0 Å². The van der Waals surface area contributed by atoms with Gasteiger partial charge in [-0.05, 0) is 67.1 Å². The van der Waals surface area contributed by atoms with Gasteiger partial charge in [-0.15, -0.1) is 0 Å². The molecule has 1 amide bonds. The van der Waals surface area contributed by atoms with Crippen LogP contribution in [-0.4, -0.2) is 32.3 Å². The van der Waals surface area contributed by atoms with Crippen LogP contribution in [0.25, 0.3) is 0 Å². The summed E-state index contributed by atoms with van der Waals surface area (Å²) in [7, 11) is -4.02. The first-order valence-electron chi connectivity index (χ1n) is 9.28. The second-order valence-corrected chi connectivity index (χ2v) is 7.78. The van der Waals surface area contributed by atoms with Gasteiger partial charge < -0.3 is 14.0 Å². The van der Waals surface area contributed by atoms with Gasteiger partial charge in [0.1, 0.15) is 10.6 Å². The molecule has 3 rings (SSSR count). The van der Waals surface area contributed by atoms with Crippen LogP contribution in [0, 0.1) is 0 Å². The van der Waals surface area contributed by atoms with Gasteiger partial charge in [0.05, 0.1) is 12.8 Å². The SMILES string of the molecule is CCOc1cc(C=NNC(=O)c2ccc(O)cc2)ccc1OS(=O)(=O)c1ccccc1. The predicted octanol–water partition coefficient (Wildman–Crippen LogP) is 3.32. The fourth-order valence-electron chi connectivity index (χ4n) is 2.54. The third-order valence-electron chi connectivity index (χ3n) is 4.01. The molecular weight excluding hydrogens is 420 g/mol. The molecule has 2 N–H and O–H groups in total. The van der Waals surface area contributed by atoms with Crippen LogP contribution in [0.15, 0.2) is 82.8 Å². The number of hydrazone groups is 1. The molecule has 9 heteroatoms. The molecule has 0 saturated heterocycles. The van der Waals surface area contributed by atoms with Gasteiger partial charge in [-0.25, -0.2) is 5.43 Å². The summed E-state index contributed by atoms with van der Waals surface area (Å²) in [6, 6.07) is 18.1. The normalized spacial score (nSPS) is 11.3. The Kier molecular flexibility index (Phi) is 6.88. The fourth-order valence-corrected chi connectivity index (χ4v) is 3.50. The Morgan fingerprint density at radius 1 is 1.03 bits per heavy atom. The van der Waals surface area contributed by atoms with Crippen LogP contribution in [0.2, 0.25) is 0 Å². The van der Waals surface area contributed by atoms with Crippen molar-refractivity contribution in [2.75, 3.05) is 6.61 Å². The highest BCUT2D eigenvalue weighted by atomic mass is 32.2. The number of hydrogen-bond acceptors (Lipinski definition) is 7. The highest BCUT2D eigenvalue weighted by molar-refractivity contribution is 7.87. The Morgan fingerprint density at radius 3 is 2.42 bits per heavy atom. The van der Waals surface area contributed by atoms with Crippen LogP contribution in [0.5, 0.6) is 17.2 Å². The highest BCUT2D eigenvalue weighted by Crippen LogP contribution is 2.30. The summed E-state index contributed by atoms with van der Waals surface area (Å²) in [5.74, 6) is -0.137. The summed E-state index contributed by atoms with van der Waals surface area (Å²) in [4.78, 5) is 12.1.